The zero-order valence-corrected chi connectivity index (χ0v) is 14.3. The maximum Gasteiger partial charge on any atom is 0.220 e. The van der Waals surface area contributed by atoms with E-state index in [2.05, 4.69) is 10.3 Å². The number of rotatable bonds is 8. The second kappa shape index (κ2) is 8.33. The monoisotopic (exact) mass is 338 g/mol. The fraction of sp³-hybridized carbons (Fsp3) is 0.300. The van der Waals surface area contributed by atoms with Crippen LogP contribution in [0.25, 0.3) is 11.1 Å². The maximum absolute atomic E-state index is 11.9. The lowest BCUT2D eigenvalue weighted by atomic mass is 10.2. The summed E-state index contributed by atoms with van der Waals surface area (Å²) in [6.07, 6.45) is 1.81. The molecule has 0 radical (unpaired) electrons. The van der Waals surface area contributed by atoms with E-state index in [1.807, 2.05) is 55.5 Å². The van der Waals surface area contributed by atoms with Crippen LogP contribution in [0.2, 0.25) is 0 Å². The molecule has 0 saturated carbocycles. The van der Waals surface area contributed by atoms with E-state index in [0.717, 1.165) is 22.4 Å². The molecule has 0 saturated heterocycles. The van der Waals surface area contributed by atoms with Crippen molar-refractivity contribution in [3.05, 3.63) is 60.0 Å². The Kier molecular flexibility index (Phi) is 5.67. The number of amides is 1. The number of hydrogen-bond acceptors (Lipinski definition) is 4. The summed E-state index contributed by atoms with van der Waals surface area (Å²) in [5.74, 6) is 1.52. The van der Waals surface area contributed by atoms with Crippen molar-refractivity contribution in [2.45, 2.75) is 26.2 Å². The molecular formula is C20H22N2O3. The zero-order valence-electron chi connectivity index (χ0n) is 14.3. The molecule has 3 aromatic rings. The minimum Gasteiger partial charge on any atom is -0.492 e. The van der Waals surface area contributed by atoms with Crippen molar-refractivity contribution in [1.82, 2.24) is 10.3 Å². The number of benzene rings is 2. The van der Waals surface area contributed by atoms with Gasteiger partial charge in [0.1, 0.15) is 17.9 Å². The number of para-hydroxylation sites is 2. The Labute approximate surface area is 147 Å². The van der Waals surface area contributed by atoms with Crippen molar-refractivity contribution in [3.8, 4) is 5.75 Å². The lowest BCUT2D eigenvalue weighted by molar-refractivity contribution is -0.121. The van der Waals surface area contributed by atoms with E-state index < -0.39 is 0 Å². The summed E-state index contributed by atoms with van der Waals surface area (Å²) in [4.78, 5) is 16.3. The minimum atomic E-state index is 0.0175. The van der Waals surface area contributed by atoms with Crippen molar-refractivity contribution >= 4 is 17.0 Å². The van der Waals surface area contributed by atoms with Crippen molar-refractivity contribution in [3.63, 3.8) is 0 Å². The van der Waals surface area contributed by atoms with E-state index in [4.69, 9.17) is 9.15 Å². The van der Waals surface area contributed by atoms with Gasteiger partial charge in [0, 0.05) is 12.8 Å². The average molecular weight is 338 g/mol. The van der Waals surface area contributed by atoms with E-state index >= 15 is 0 Å². The van der Waals surface area contributed by atoms with Crippen LogP contribution in [0.3, 0.4) is 0 Å². The SMILES string of the molecule is Cc1cccc(OCCNC(=O)CCCc2nc3ccccc3o2)c1. The summed E-state index contributed by atoms with van der Waals surface area (Å²) in [7, 11) is 0. The third-order valence-corrected chi connectivity index (χ3v) is 3.82. The molecule has 1 aromatic heterocycles. The summed E-state index contributed by atoms with van der Waals surface area (Å²) in [6.45, 7) is 2.97. The summed E-state index contributed by atoms with van der Waals surface area (Å²) in [5.41, 5.74) is 2.80. The molecule has 1 amide bonds. The van der Waals surface area contributed by atoms with E-state index in [9.17, 15) is 4.79 Å². The molecule has 1 heterocycles. The highest BCUT2D eigenvalue weighted by molar-refractivity contribution is 5.75. The van der Waals surface area contributed by atoms with Gasteiger partial charge in [0.05, 0.1) is 6.54 Å². The second-order valence-corrected chi connectivity index (χ2v) is 5.94. The molecular weight excluding hydrogens is 316 g/mol. The van der Waals surface area contributed by atoms with Crippen molar-refractivity contribution in [2.24, 2.45) is 0 Å². The average Bonchev–Trinajstić information content (AvgIpc) is 3.01. The van der Waals surface area contributed by atoms with Crippen molar-refractivity contribution in [2.75, 3.05) is 13.2 Å². The van der Waals surface area contributed by atoms with Gasteiger partial charge >= 0.3 is 0 Å². The molecule has 0 fully saturated rings. The first-order valence-corrected chi connectivity index (χ1v) is 8.51. The topological polar surface area (TPSA) is 64.4 Å². The highest BCUT2D eigenvalue weighted by Gasteiger charge is 2.07. The molecule has 0 aliphatic carbocycles. The molecule has 1 N–H and O–H groups in total. The van der Waals surface area contributed by atoms with Crippen LogP contribution in [0, 0.1) is 6.92 Å². The molecule has 130 valence electrons. The molecule has 2 aromatic carbocycles. The number of nitrogens with zero attached hydrogens (tertiary/aromatic N) is 1. The van der Waals surface area contributed by atoms with Crippen LogP contribution in [-0.4, -0.2) is 24.0 Å². The third kappa shape index (κ3) is 5.08. The summed E-state index contributed by atoms with van der Waals surface area (Å²) >= 11 is 0. The molecule has 0 aliphatic rings. The number of aromatic nitrogens is 1. The standard InChI is InChI=1S/C20H22N2O3/c1-15-6-4-7-16(14-15)24-13-12-21-19(23)10-5-11-20-22-17-8-2-3-9-18(17)25-20/h2-4,6-9,14H,5,10-13H2,1H3,(H,21,23). The number of aryl methyl sites for hydroxylation is 2. The number of carbonyl (C=O) groups is 1. The van der Waals surface area contributed by atoms with E-state index in [1.165, 1.54) is 0 Å². The lowest BCUT2D eigenvalue weighted by Gasteiger charge is -2.08. The van der Waals surface area contributed by atoms with Gasteiger partial charge in [-0.1, -0.05) is 24.3 Å². The fourth-order valence-electron chi connectivity index (χ4n) is 2.58. The molecule has 0 unspecified atom stereocenters. The van der Waals surface area contributed by atoms with Gasteiger partial charge in [-0.15, -0.1) is 0 Å². The Morgan fingerprint density at radius 2 is 2.08 bits per heavy atom. The van der Waals surface area contributed by atoms with Gasteiger partial charge in [0.15, 0.2) is 11.5 Å². The van der Waals surface area contributed by atoms with Crippen LogP contribution in [0.1, 0.15) is 24.3 Å². The Hall–Kier alpha value is -2.82. The summed E-state index contributed by atoms with van der Waals surface area (Å²) in [5, 5.41) is 2.87. The fourth-order valence-corrected chi connectivity index (χ4v) is 2.58. The number of ether oxygens (including phenoxy) is 1. The molecule has 3 rings (SSSR count). The van der Waals surface area contributed by atoms with Gasteiger partial charge in [-0.2, -0.15) is 0 Å². The van der Waals surface area contributed by atoms with E-state index in [0.29, 0.717) is 38.3 Å². The van der Waals surface area contributed by atoms with Gasteiger partial charge in [0.25, 0.3) is 0 Å². The van der Waals surface area contributed by atoms with E-state index in [-0.39, 0.29) is 5.91 Å². The maximum atomic E-state index is 11.9. The molecule has 0 bridgehead atoms. The molecule has 0 spiro atoms. The second-order valence-electron chi connectivity index (χ2n) is 5.94. The zero-order chi connectivity index (χ0) is 17.5. The first kappa shape index (κ1) is 17.0. The first-order chi connectivity index (χ1) is 12.2. The Morgan fingerprint density at radius 1 is 1.20 bits per heavy atom. The number of fused-ring (bicyclic) bond motifs is 1. The normalized spacial score (nSPS) is 10.8. The summed E-state index contributed by atoms with van der Waals surface area (Å²) in [6, 6.07) is 15.5. The highest BCUT2D eigenvalue weighted by atomic mass is 16.5. The van der Waals surface area contributed by atoms with Gasteiger partial charge in [0.2, 0.25) is 5.91 Å². The van der Waals surface area contributed by atoms with Crippen LogP contribution in [-0.2, 0) is 11.2 Å². The Balaban J connectivity index is 1.32. The smallest absolute Gasteiger partial charge is 0.220 e. The van der Waals surface area contributed by atoms with Crippen LogP contribution in [0.5, 0.6) is 5.75 Å². The van der Waals surface area contributed by atoms with Gasteiger partial charge in [-0.25, -0.2) is 4.98 Å². The van der Waals surface area contributed by atoms with Crippen molar-refractivity contribution < 1.29 is 13.9 Å². The lowest BCUT2D eigenvalue weighted by Crippen LogP contribution is -2.27. The molecule has 0 aliphatic heterocycles. The van der Waals surface area contributed by atoms with E-state index in [1.54, 1.807) is 0 Å². The van der Waals surface area contributed by atoms with Gasteiger partial charge in [-0.05, 0) is 43.2 Å². The number of nitrogens with one attached hydrogen (secondary N) is 1. The predicted octanol–water partition coefficient (Wildman–Crippen LogP) is 3.65. The molecule has 0 atom stereocenters. The predicted molar refractivity (Wildman–Crippen MR) is 96.6 cm³/mol. The largest absolute Gasteiger partial charge is 0.492 e. The van der Waals surface area contributed by atoms with Crippen LogP contribution >= 0.6 is 0 Å². The Bertz CT molecular complexity index is 809. The molecule has 5 heteroatoms. The first-order valence-electron chi connectivity index (χ1n) is 8.51. The summed E-state index contributed by atoms with van der Waals surface area (Å²) < 4.78 is 11.2. The van der Waals surface area contributed by atoms with Crippen LogP contribution < -0.4 is 10.1 Å². The number of oxazole rings is 1. The van der Waals surface area contributed by atoms with Crippen LogP contribution in [0.4, 0.5) is 0 Å². The Morgan fingerprint density at radius 3 is 2.92 bits per heavy atom. The quantitative estimate of drug-likeness (QED) is 0.637. The van der Waals surface area contributed by atoms with Crippen LogP contribution in [0.15, 0.2) is 52.9 Å². The number of carbonyl (C=O) groups excluding carboxylic acids is 1. The third-order valence-electron chi connectivity index (χ3n) is 3.82. The van der Waals surface area contributed by atoms with Crippen molar-refractivity contribution in [1.29, 1.82) is 0 Å². The molecule has 25 heavy (non-hydrogen) atoms. The van der Waals surface area contributed by atoms with Gasteiger partial charge < -0.3 is 14.5 Å². The highest BCUT2D eigenvalue weighted by Crippen LogP contribution is 2.16. The minimum absolute atomic E-state index is 0.0175. The number of hydrogen-bond donors (Lipinski definition) is 1. The molecule has 5 nitrogen and oxygen atoms in total. The van der Waals surface area contributed by atoms with Gasteiger partial charge in [-0.3, -0.25) is 4.79 Å².